The van der Waals surface area contributed by atoms with Gasteiger partial charge in [-0.05, 0) is 23.8 Å². The first-order valence-electron chi connectivity index (χ1n) is 5.70. The molecule has 0 spiro atoms. The Morgan fingerprint density at radius 2 is 1.89 bits per heavy atom. The molecule has 19 heavy (non-hydrogen) atoms. The molecule has 2 aromatic carbocycles. The molecule has 1 atom stereocenters. The van der Waals surface area contributed by atoms with Gasteiger partial charge in [0.2, 0.25) is 0 Å². The van der Waals surface area contributed by atoms with Crippen LogP contribution in [0.15, 0.2) is 53.0 Å². The van der Waals surface area contributed by atoms with Gasteiger partial charge in [-0.1, -0.05) is 46.3 Å². The van der Waals surface area contributed by atoms with Crippen molar-refractivity contribution in [3.05, 3.63) is 64.1 Å². The van der Waals surface area contributed by atoms with Crippen molar-refractivity contribution < 1.29 is 9.53 Å². The van der Waals surface area contributed by atoms with Gasteiger partial charge in [0.05, 0.1) is 7.11 Å². The van der Waals surface area contributed by atoms with Crippen LogP contribution in [-0.2, 0) is 0 Å². The topological polar surface area (TPSA) is 26.3 Å². The number of carbonyl (C=O) groups is 1. The average molecular weight is 340 g/mol. The second-order valence-electron chi connectivity index (χ2n) is 3.98. The third-order valence-electron chi connectivity index (χ3n) is 2.76. The van der Waals surface area contributed by atoms with E-state index in [0.717, 1.165) is 5.56 Å². The first-order valence-corrected chi connectivity index (χ1v) is 6.93. The van der Waals surface area contributed by atoms with E-state index >= 15 is 0 Å². The minimum absolute atomic E-state index is 0.154. The molecule has 0 aliphatic carbocycles. The van der Waals surface area contributed by atoms with Crippen LogP contribution in [0.5, 0.6) is 5.75 Å². The molecule has 0 amide bonds. The highest BCUT2D eigenvalue weighted by Gasteiger charge is 2.21. The van der Waals surface area contributed by atoms with Gasteiger partial charge in [0.15, 0.2) is 5.78 Å². The fraction of sp³-hybridized carbons (Fsp3) is 0.133. The Morgan fingerprint density at radius 3 is 2.53 bits per heavy atom. The third kappa shape index (κ3) is 3.17. The van der Waals surface area contributed by atoms with Gasteiger partial charge in [-0.3, -0.25) is 4.79 Å². The van der Waals surface area contributed by atoms with Crippen LogP contribution in [0.25, 0.3) is 0 Å². The summed E-state index contributed by atoms with van der Waals surface area (Å²) in [4.78, 5) is 12.4. The highest BCUT2D eigenvalue weighted by Crippen LogP contribution is 2.30. The number of hydrogen-bond donors (Lipinski definition) is 0. The van der Waals surface area contributed by atoms with Crippen molar-refractivity contribution in [3.8, 4) is 5.75 Å². The Bertz CT molecular complexity index is 584. The van der Waals surface area contributed by atoms with Crippen molar-refractivity contribution >= 4 is 33.3 Å². The lowest BCUT2D eigenvalue weighted by Gasteiger charge is -2.11. The molecule has 0 heterocycles. The van der Waals surface area contributed by atoms with Gasteiger partial charge in [0, 0.05) is 10.0 Å². The van der Waals surface area contributed by atoms with E-state index in [-0.39, 0.29) is 5.78 Å². The number of halogens is 2. The second kappa shape index (κ2) is 6.22. The van der Waals surface area contributed by atoms with E-state index in [9.17, 15) is 4.79 Å². The molecule has 0 radical (unpaired) electrons. The normalized spacial score (nSPS) is 11.9. The van der Waals surface area contributed by atoms with E-state index in [0.29, 0.717) is 15.8 Å². The lowest BCUT2D eigenvalue weighted by molar-refractivity contribution is 0.0986. The summed E-state index contributed by atoms with van der Waals surface area (Å²) in [5.41, 5.74) is 1.30. The van der Waals surface area contributed by atoms with Gasteiger partial charge in [0.1, 0.15) is 11.1 Å². The molecule has 0 aliphatic rings. The Labute approximate surface area is 125 Å². The number of methoxy groups -OCH3 is 1. The van der Waals surface area contributed by atoms with Crippen LogP contribution in [0.2, 0.25) is 0 Å². The molecule has 1 unspecified atom stereocenters. The molecule has 0 saturated heterocycles. The van der Waals surface area contributed by atoms with Gasteiger partial charge >= 0.3 is 0 Å². The third-order valence-corrected chi connectivity index (χ3v) is 3.90. The molecule has 98 valence electrons. The van der Waals surface area contributed by atoms with E-state index in [1.54, 1.807) is 25.3 Å². The largest absolute Gasteiger partial charge is 0.497 e. The Hall–Kier alpha value is -1.32. The molecule has 0 aromatic heterocycles. The van der Waals surface area contributed by atoms with Crippen LogP contribution in [0, 0.1) is 0 Å². The SMILES string of the molecule is COc1ccc(Br)c(C(=O)C(Cl)c2ccccc2)c1. The summed E-state index contributed by atoms with van der Waals surface area (Å²) in [6.45, 7) is 0. The van der Waals surface area contributed by atoms with Crippen LogP contribution in [-0.4, -0.2) is 12.9 Å². The van der Waals surface area contributed by atoms with Gasteiger partial charge in [-0.2, -0.15) is 0 Å². The molecule has 2 rings (SSSR count). The summed E-state index contributed by atoms with van der Waals surface area (Å²) in [6.07, 6.45) is 0. The smallest absolute Gasteiger partial charge is 0.186 e. The van der Waals surface area contributed by atoms with Crippen LogP contribution in [0.3, 0.4) is 0 Å². The lowest BCUT2D eigenvalue weighted by Crippen LogP contribution is -2.08. The predicted molar refractivity (Wildman–Crippen MR) is 80.1 cm³/mol. The lowest BCUT2D eigenvalue weighted by atomic mass is 10.0. The fourth-order valence-corrected chi connectivity index (χ4v) is 2.44. The maximum absolute atomic E-state index is 12.4. The number of benzene rings is 2. The zero-order valence-corrected chi connectivity index (χ0v) is 12.6. The number of ketones is 1. The molecule has 0 fully saturated rings. The molecule has 0 aliphatic heterocycles. The molecule has 2 aromatic rings. The van der Waals surface area contributed by atoms with E-state index in [1.807, 2.05) is 30.3 Å². The van der Waals surface area contributed by atoms with E-state index in [4.69, 9.17) is 16.3 Å². The zero-order valence-electron chi connectivity index (χ0n) is 10.3. The summed E-state index contributed by atoms with van der Waals surface area (Å²) < 4.78 is 5.84. The standard InChI is InChI=1S/C15H12BrClO2/c1-19-11-7-8-13(16)12(9-11)15(18)14(17)10-5-3-2-4-6-10/h2-9,14H,1H3. The number of carbonyl (C=O) groups excluding carboxylic acids is 1. The number of ether oxygens (including phenoxy) is 1. The fourth-order valence-electron chi connectivity index (χ4n) is 1.73. The number of rotatable bonds is 4. The number of alkyl halides is 1. The van der Waals surface area contributed by atoms with E-state index in [2.05, 4.69) is 15.9 Å². The molecular weight excluding hydrogens is 328 g/mol. The molecule has 0 N–H and O–H groups in total. The number of Topliss-reactive ketones (excluding diaryl/α,β-unsaturated/α-hetero) is 1. The average Bonchev–Trinajstić information content (AvgIpc) is 2.47. The summed E-state index contributed by atoms with van der Waals surface area (Å²) in [7, 11) is 1.56. The van der Waals surface area contributed by atoms with Crippen LogP contribution in [0.4, 0.5) is 0 Å². The van der Waals surface area contributed by atoms with Gasteiger partial charge in [-0.25, -0.2) is 0 Å². The summed E-state index contributed by atoms with van der Waals surface area (Å²) in [5.74, 6) is 0.474. The first kappa shape index (κ1) is 14.1. The molecule has 0 saturated carbocycles. The summed E-state index contributed by atoms with van der Waals surface area (Å²) in [6, 6.07) is 14.5. The predicted octanol–water partition coefficient (Wildman–Crippen LogP) is 4.62. The first-order chi connectivity index (χ1) is 9.13. The monoisotopic (exact) mass is 338 g/mol. The molecule has 2 nitrogen and oxygen atoms in total. The zero-order chi connectivity index (χ0) is 13.8. The number of hydrogen-bond acceptors (Lipinski definition) is 2. The van der Waals surface area contributed by atoms with Crippen LogP contribution in [0.1, 0.15) is 21.3 Å². The Kier molecular flexibility index (Phi) is 4.61. The highest BCUT2D eigenvalue weighted by atomic mass is 79.9. The Balaban J connectivity index is 2.34. The summed E-state index contributed by atoms with van der Waals surface area (Å²) >= 11 is 9.61. The van der Waals surface area contributed by atoms with Crippen LogP contribution >= 0.6 is 27.5 Å². The van der Waals surface area contributed by atoms with Gasteiger partial charge in [0.25, 0.3) is 0 Å². The van der Waals surface area contributed by atoms with Crippen molar-refractivity contribution in [1.29, 1.82) is 0 Å². The van der Waals surface area contributed by atoms with E-state index < -0.39 is 5.38 Å². The van der Waals surface area contributed by atoms with Crippen molar-refractivity contribution in [2.75, 3.05) is 7.11 Å². The molecule has 4 heteroatoms. The minimum atomic E-state index is -0.704. The Morgan fingerprint density at radius 1 is 1.21 bits per heavy atom. The van der Waals surface area contributed by atoms with Crippen molar-refractivity contribution in [2.24, 2.45) is 0 Å². The van der Waals surface area contributed by atoms with Crippen molar-refractivity contribution in [3.63, 3.8) is 0 Å². The van der Waals surface area contributed by atoms with Gasteiger partial charge < -0.3 is 4.74 Å². The molecule has 0 bridgehead atoms. The highest BCUT2D eigenvalue weighted by molar-refractivity contribution is 9.10. The van der Waals surface area contributed by atoms with Crippen LogP contribution < -0.4 is 4.74 Å². The summed E-state index contributed by atoms with van der Waals surface area (Å²) in [5, 5.41) is -0.704. The minimum Gasteiger partial charge on any atom is -0.497 e. The maximum atomic E-state index is 12.4. The van der Waals surface area contributed by atoms with Gasteiger partial charge in [-0.15, -0.1) is 11.6 Å². The second-order valence-corrected chi connectivity index (χ2v) is 5.27. The van der Waals surface area contributed by atoms with E-state index in [1.165, 1.54) is 0 Å². The molecular formula is C15H12BrClO2. The quantitative estimate of drug-likeness (QED) is 0.600. The van der Waals surface area contributed by atoms with Crippen molar-refractivity contribution in [2.45, 2.75) is 5.38 Å². The van der Waals surface area contributed by atoms with Crippen molar-refractivity contribution in [1.82, 2.24) is 0 Å². The maximum Gasteiger partial charge on any atom is 0.186 e.